The van der Waals surface area contributed by atoms with E-state index in [1.54, 1.807) is 0 Å². The van der Waals surface area contributed by atoms with Crippen molar-refractivity contribution in [2.24, 2.45) is 0 Å². The number of thiazole rings is 1. The number of esters is 1. The van der Waals surface area contributed by atoms with Crippen LogP contribution in [0.4, 0.5) is 0 Å². The highest BCUT2D eigenvalue weighted by Gasteiger charge is 2.26. The van der Waals surface area contributed by atoms with Crippen LogP contribution in [0, 0.1) is 0 Å². The maximum Gasteiger partial charge on any atom is 0.358 e. The molecular formula is C8H13N3O6S3. The largest absolute Gasteiger partial charge is 0.464 e. The second-order valence-electron chi connectivity index (χ2n) is 3.40. The molecule has 1 aromatic heterocycles. The molecule has 1 aromatic rings. The molecule has 0 bridgehead atoms. The number of methoxy groups -OCH3 is 1. The molecule has 1 rings (SSSR count). The van der Waals surface area contributed by atoms with Crippen molar-refractivity contribution >= 4 is 37.4 Å². The Morgan fingerprint density at radius 2 is 2.05 bits per heavy atom. The van der Waals surface area contributed by atoms with Gasteiger partial charge in [0.15, 0.2) is 9.90 Å². The zero-order chi connectivity index (χ0) is 15.4. The van der Waals surface area contributed by atoms with Crippen molar-refractivity contribution in [3.63, 3.8) is 0 Å². The number of ether oxygens (including phenoxy) is 1. The van der Waals surface area contributed by atoms with Gasteiger partial charge in [0.2, 0.25) is 10.0 Å². The van der Waals surface area contributed by atoms with Gasteiger partial charge in [0.05, 0.1) is 18.4 Å². The zero-order valence-corrected chi connectivity index (χ0v) is 13.1. The van der Waals surface area contributed by atoms with Crippen molar-refractivity contribution in [2.45, 2.75) is 4.21 Å². The van der Waals surface area contributed by atoms with Crippen LogP contribution in [0.15, 0.2) is 9.72 Å². The lowest BCUT2D eigenvalue weighted by Crippen LogP contribution is -2.33. The highest BCUT2D eigenvalue weighted by molar-refractivity contribution is 7.92. The lowest BCUT2D eigenvalue weighted by Gasteiger charge is -2.06. The summed E-state index contributed by atoms with van der Waals surface area (Å²) < 4.78 is 54.5. The molecule has 0 radical (unpaired) electrons. The minimum absolute atomic E-state index is 0.314. The van der Waals surface area contributed by atoms with E-state index in [-0.39, 0.29) is 16.4 Å². The Bertz CT molecular complexity index is 678. The summed E-state index contributed by atoms with van der Waals surface area (Å²) in [5, 5.41) is 0. The third-order valence-corrected chi connectivity index (χ3v) is 6.33. The standard InChI is InChI=1S/C8H13N3O6S3/c1-9-19(13,14)4-3-11-20(15,16)8-6(7(12)17-2)10-5-18-8/h5,9,11H,3-4H2,1-2H3. The van der Waals surface area contributed by atoms with Gasteiger partial charge >= 0.3 is 5.97 Å². The number of nitrogens with one attached hydrogen (secondary N) is 2. The summed E-state index contributed by atoms with van der Waals surface area (Å²) >= 11 is 0.736. The quantitative estimate of drug-likeness (QED) is 0.592. The van der Waals surface area contributed by atoms with Crippen LogP contribution in [-0.2, 0) is 24.8 Å². The van der Waals surface area contributed by atoms with Crippen LogP contribution < -0.4 is 9.44 Å². The molecule has 0 saturated carbocycles. The first-order chi connectivity index (χ1) is 9.23. The van der Waals surface area contributed by atoms with E-state index in [9.17, 15) is 21.6 Å². The van der Waals surface area contributed by atoms with Crippen molar-refractivity contribution in [3.05, 3.63) is 11.2 Å². The van der Waals surface area contributed by atoms with Gasteiger partial charge in [0.1, 0.15) is 0 Å². The first-order valence-electron chi connectivity index (χ1n) is 5.16. The Kier molecular flexibility index (Phi) is 5.59. The summed E-state index contributed by atoms with van der Waals surface area (Å²) in [5.41, 5.74) is 0.854. The van der Waals surface area contributed by atoms with Gasteiger partial charge in [-0.2, -0.15) is 0 Å². The Morgan fingerprint density at radius 3 is 2.60 bits per heavy atom. The van der Waals surface area contributed by atoms with E-state index in [0.29, 0.717) is 0 Å². The number of aromatic nitrogens is 1. The molecule has 0 aromatic carbocycles. The number of nitrogens with zero attached hydrogens (tertiary/aromatic N) is 1. The molecule has 12 heteroatoms. The number of hydrogen-bond acceptors (Lipinski definition) is 8. The minimum Gasteiger partial charge on any atom is -0.464 e. The number of rotatable bonds is 7. The van der Waals surface area contributed by atoms with Gasteiger partial charge < -0.3 is 4.74 Å². The van der Waals surface area contributed by atoms with Crippen LogP contribution in [0.1, 0.15) is 10.5 Å². The first kappa shape index (κ1) is 17.0. The average molecular weight is 343 g/mol. The lowest BCUT2D eigenvalue weighted by atomic mass is 10.5. The molecule has 0 fully saturated rings. The maximum absolute atomic E-state index is 11.9. The van der Waals surface area contributed by atoms with Crippen LogP contribution in [0.25, 0.3) is 0 Å². The lowest BCUT2D eigenvalue weighted by molar-refractivity contribution is 0.0590. The molecule has 9 nitrogen and oxygen atoms in total. The predicted molar refractivity (Wildman–Crippen MR) is 71.5 cm³/mol. The molecule has 114 valence electrons. The molecule has 20 heavy (non-hydrogen) atoms. The van der Waals surface area contributed by atoms with E-state index >= 15 is 0 Å². The average Bonchev–Trinajstić information content (AvgIpc) is 2.87. The highest BCUT2D eigenvalue weighted by atomic mass is 32.2. The van der Waals surface area contributed by atoms with E-state index in [1.807, 2.05) is 0 Å². The zero-order valence-electron chi connectivity index (χ0n) is 10.6. The van der Waals surface area contributed by atoms with E-state index < -0.39 is 31.8 Å². The first-order valence-corrected chi connectivity index (χ1v) is 9.17. The minimum atomic E-state index is -4.02. The molecule has 0 aliphatic heterocycles. The third-order valence-electron chi connectivity index (χ3n) is 2.13. The topological polar surface area (TPSA) is 132 Å². The van der Waals surface area contributed by atoms with Crippen molar-refractivity contribution in [1.82, 2.24) is 14.4 Å². The smallest absolute Gasteiger partial charge is 0.358 e. The number of sulfonamides is 2. The summed E-state index contributed by atoms with van der Waals surface area (Å²) in [4.78, 5) is 15.0. The number of carbonyl (C=O) groups is 1. The fourth-order valence-corrected chi connectivity index (χ4v) is 4.05. The van der Waals surface area contributed by atoms with E-state index in [2.05, 4.69) is 19.2 Å². The summed E-state index contributed by atoms with van der Waals surface area (Å²) in [5.74, 6) is -1.30. The Balaban J connectivity index is 2.85. The molecule has 1 heterocycles. The van der Waals surface area contributed by atoms with Gasteiger partial charge in [-0.25, -0.2) is 36.1 Å². The maximum atomic E-state index is 11.9. The van der Waals surface area contributed by atoms with Gasteiger partial charge in [0.25, 0.3) is 10.0 Å². The molecule has 0 unspecified atom stereocenters. The van der Waals surface area contributed by atoms with Crippen LogP contribution in [-0.4, -0.2) is 54.2 Å². The van der Waals surface area contributed by atoms with Crippen molar-refractivity contribution < 1.29 is 26.4 Å². The van der Waals surface area contributed by atoms with Gasteiger partial charge in [-0.15, -0.1) is 11.3 Å². The van der Waals surface area contributed by atoms with Crippen molar-refractivity contribution in [2.75, 3.05) is 26.5 Å². The normalized spacial score (nSPS) is 12.3. The summed E-state index contributed by atoms with van der Waals surface area (Å²) in [7, 11) is -5.22. The Labute approximate surface area is 120 Å². The highest BCUT2D eigenvalue weighted by Crippen LogP contribution is 2.20. The van der Waals surface area contributed by atoms with Crippen LogP contribution in [0.3, 0.4) is 0 Å². The van der Waals surface area contributed by atoms with Crippen LogP contribution in [0.5, 0.6) is 0 Å². The van der Waals surface area contributed by atoms with Gasteiger partial charge in [-0.1, -0.05) is 0 Å². The van der Waals surface area contributed by atoms with E-state index in [0.717, 1.165) is 18.4 Å². The van der Waals surface area contributed by atoms with Gasteiger partial charge in [-0.05, 0) is 7.05 Å². The predicted octanol–water partition coefficient (Wildman–Crippen LogP) is -1.24. The molecule has 0 amide bonds. The SMILES string of the molecule is CNS(=O)(=O)CCNS(=O)(=O)c1scnc1C(=O)OC. The number of carbonyl (C=O) groups excluding carboxylic acids is 1. The molecule has 2 N–H and O–H groups in total. The van der Waals surface area contributed by atoms with Gasteiger partial charge in [0, 0.05) is 6.54 Å². The van der Waals surface area contributed by atoms with Crippen LogP contribution in [0.2, 0.25) is 0 Å². The Morgan fingerprint density at radius 1 is 1.40 bits per heavy atom. The summed E-state index contributed by atoms with van der Waals surface area (Å²) in [6, 6.07) is 0. The van der Waals surface area contributed by atoms with Crippen LogP contribution >= 0.6 is 11.3 Å². The summed E-state index contributed by atoms with van der Waals surface area (Å²) in [6.45, 7) is -0.329. The van der Waals surface area contributed by atoms with Gasteiger partial charge in [-0.3, -0.25) is 0 Å². The molecule has 0 saturated heterocycles. The van der Waals surface area contributed by atoms with E-state index in [1.165, 1.54) is 12.6 Å². The molecular weight excluding hydrogens is 330 g/mol. The third kappa shape index (κ3) is 4.21. The Hall–Kier alpha value is -1.08. The monoisotopic (exact) mass is 343 g/mol. The number of hydrogen-bond donors (Lipinski definition) is 2. The van der Waals surface area contributed by atoms with Crippen molar-refractivity contribution in [3.8, 4) is 0 Å². The fraction of sp³-hybridized carbons (Fsp3) is 0.500. The fourth-order valence-electron chi connectivity index (χ4n) is 1.14. The second-order valence-corrected chi connectivity index (χ2v) is 8.26. The molecule has 0 spiro atoms. The molecule has 0 aliphatic rings. The summed E-state index contributed by atoms with van der Waals surface area (Å²) in [6.07, 6.45) is 0. The second kappa shape index (κ2) is 6.58. The van der Waals surface area contributed by atoms with E-state index in [4.69, 9.17) is 0 Å². The molecule has 0 aliphatic carbocycles. The van der Waals surface area contributed by atoms with Crippen molar-refractivity contribution in [1.29, 1.82) is 0 Å². The molecule has 0 atom stereocenters.